The summed E-state index contributed by atoms with van der Waals surface area (Å²) in [4.78, 5) is 29.6. The van der Waals surface area contributed by atoms with Gasteiger partial charge in [-0.05, 0) is 92.5 Å². The van der Waals surface area contributed by atoms with Crippen LogP contribution in [0, 0.1) is 5.92 Å². The van der Waals surface area contributed by atoms with Gasteiger partial charge in [0.2, 0.25) is 5.91 Å². The number of rotatable bonds is 9. The predicted octanol–water partition coefficient (Wildman–Crippen LogP) is 5.08. The Hall–Kier alpha value is -3.16. The number of hydrogen-bond acceptors (Lipinski definition) is 6. The minimum Gasteiger partial charge on any atom is -0.497 e. The molecule has 1 saturated heterocycles. The Balaban J connectivity index is 1.43. The highest BCUT2D eigenvalue weighted by atomic mass is 16.5. The van der Waals surface area contributed by atoms with Crippen molar-refractivity contribution in [1.29, 1.82) is 0 Å². The zero-order valence-corrected chi connectivity index (χ0v) is 24.2. The molecule has 40 heavy (non-hydrogen) atoms. The third-order valence-electron chi connectivity index (χ3n) is 9.33. The van der Waals surface area contributed by atoms with Gasteiger partial charge in [-0.15, -0.1) is 0 Å². The summed E-state index contributed by atoms with van der Waals surface area (Å²) >= 11 is 0. The van der Waals surface area contributed by atoms with Gasteiger partial charge in [0.15, 0.2) is 0 Å². The largest absolute Gasteiger partial charge is 0.497 e. The molecule has 1 amide bonds. The van der Waals surface area contributed by atoms with Gasteiger partial charge in [-0.2, -0.15) is 0 Å². The van der Waals surface area contributed by atoms with Crippen LogP contribution < -0.4 is 9.47 Å². The number of carbonyl (C=O) groups excluding carboxylic acids is 2. The summed E-state index contributed by atoms with van der Waals surface area (Å²) in [6, 6.07) is 15.7. The number of piperidine rings is 1. The molecule has 1 heterocycles. The molecule has 214 valence electrons. The van der Waals surface area contributed by atoms with E-state index in [1.165, 1.54) is 19.8 Å². The van der Waals surface area contributed by atoms with E-state index in [1.807, 2.05) is 67.6 Å². The summed E-state index contributed by atoms with van der Waals surface area (Å²) in [7, 11) is 5.39. The molecule has 2 saturated carbocycles. The Bertz CT molecular complexity index is 1260. The minimum absolute atomic E-state index is 0.0206. The van der Waals surface area contributed by atoms with Crippen molar-refractivity contribution in [3.8, 4) is 11.5 Å². The smallest absolute Gasteiger partial charge is 0.308 e. The quantitative estimate of drug-likeness (QED) is 0.248. The molecule has 7 nitrogen and oxygen atoms in total. The highest BCUT2D eigenvalue weighted by Gasteiger charge is 2.59. The summed E-state index contributed by atoms with van der Waals surface area (Å²) in [5, 5.41) is 0. The number of methoxy groups -OCH3 is 2. The maximum absolute atomic E-state index is 13.4. The second-order valence-electron chi connectivity index (χ2n) is 11.8. The van der Waals surface area contributed by atoms with Gasteiger partial charge in [0.25, 0.3) is 0 Å². The highest BCUT2D eigenvalue weighted by molar-refractivity contribution is 5.91. The number of nitrogens with zero attached hydrogens (tertiary/aromatic N) is 2. The lowest BCUT2D eigenvalue weighted by atomic mass is 9.55. The summed E-state index contributed by atoms with van der Waals surface area (Å²) in [5.41, 5.74) is 1.35. The summed E-state index contributed by atoms with van der Waals surface area (Å²) in [6.45, 7) is 4.42. The second-order valence-corrected chi connectivity index (χ2v) is 11.8. The summed E-state index contributed by atoms with van der Waals surface area (Å²) in [6.07, 6.45) is 9.58. The molecule has 2 aromatic rings. The SMILES string of the molecule is COc1cccc(/C=C/C(=O)N(C)C2CCC3(OC)CN(CC4CC4)CCC3(c3cccc(OC(C)=O)c3)C2)c1. The van der Waals surface area contributed by atoms with Gasteiger partial charge in [0.05, 0.1) is 12.7 Å². The number of benzene rings is 2. The van der Waals surface area contributed by atoms with Gasteiger partial charge in [0.1, 0.15) is 11.5 Å². The molecule has 0 spiro atoms. The Morgan fingerprint density at radius 1 is 1.05 bits per heavy atom. The molecular weight excluding hydrogens is 504 g/mol. The third kappa shape index (κ3) is 5.81. The molecule has 2 aliphatic carbocycles. The third-order valence-corrected chi connectivity index (χ3v) is 9.33. The molecule has 5 rings (SSSR count). The van der Waals surface area contributed by atoms with Crippen LogP contribution in [-0.4, -0.2) is 74.2 Å². The molecule has 2 aromatic carbocycles. The Morgan fingerprint density at radius 2 is 1.82 bits per heavy atom. The maximum Gasteiger partial charge on any atom is 0.308 e. The van der Waals surface area contributed by atoms with E-state index in [2.05, 4.69) is 11.0 Å². The number of carbonyl (C=O) groups is 2. The number of esters is 1. The van der Waals surface area contributed by atoms with Crippen molar-refractivity contribution in [3.63, 3.8) is 0 Å². The molecule has 7 heteroatoms. The molecule has 3 aliphatic rings. The Kier molecular flexibility index (Phi) is 8.34. The molecule has 0 N–H and O–H groups in total. The predicted molar refractivity (Wildman–Crippen MR) is 155 cm³/mol. The summed E-state index contributed by atoms with van der Waals surface area (Å²) in [5.74, 6) is 1.77. The van der Waals surface area contributed by atoms with Gasteiger partial charge in [-0.25, -0.2) is 0 Å². The Morgan fingerprint density at radius 3 is 2.55 bits per heavy atom. The fraction of sp³-hybridized carbons (Fsp3) is 0.515. The zero-order valence-electron chi connectivity index (χ0n) is 24.2. The van der Waals surface area contributed by atoms with Crippen LogP contribution >= 0.6 is 0 Å². The van der Waals surface area contributed by atoms with Crippen molar-refractivity contribution in [2.75, 3.05) is 40.9 Å². The average Bonchev–Trinajstić information content (AvgIpc) is 3.79. The van der Waals surface area contributed by atoms with E-state index in [4.69, 9.17) is 14.2 Å². The first-order chi connectivity index (χ1) is 19.3. The van der Waals surface area contributed by atoms with Crippen molar-refractivity contribution in [1.82, 2.24) is 9.80 Å². The van der Waals surface area contributed by atoms with Crippen molar-refractivity contribution in [2.24, 2.45) is 5.92 Å². The minimum atomic E-state index is -0.383. The molecule has 0 aromatic heterocycles. The van der Waals surface area contributed by atoms with Gasteiger partial charge in [-0.3, -0.25) is 9.59 Å². The van der Waals surface area contributed by atoms with Crippen molar-refractivity contribution in [3.05, 3.63) is 65.7 Å². The van der Waals surface area contributed by atoms with Gasteiger partial charge < -0.3 is 24.0 Å². The lowest BCUT2D eigenvalue weighted by Gasteiger charge is -2.60. The lowest BCUT2D eigenvalue weighted by Crippen LogP contribution is -2.68. The monoisotopic (exact) mass is 546 g/mol. The van der Waals surface area contributed by atoms with Crippen LogP contribution in [-0.2, 0) is 19.7 Å². The first kappa shape index (κ1) is 28.4. The molecule has 0 bridgehead atoms. The van der Waals surface area contributed by atoms with E-state index in [1.54, 1.807) is 13.2 Å². The maximum atomic E-state index is 13.4. The molecule has 0 radical (unpaired) electrons. The van der Waals surface area contributed by atoms with Crippen LogP contribution in [0.1, 0.15) is 56.6 Å². The number of amides is 1. The first-order valence-corrected chi connectivity index (χ1v) is 14.4. The van der Waals surface area contributed by atoms with Crippen molar-refractivity contribution in [2.45, 2.75) is 62.5 Å². The van der Waals surface area contributed by atoms with Crippen molar-refractivity contribution >= 4 is 18.0 Å². The lowest BCUT2D eigenvalue weighted by molar-refractivity contribution is -0.159. The van der Waals surface area contributed by atoms with E-state index in [-0.39, 0.29) is 28.9 Å². The Labute approximate surface area is 238 Å². The standard InChI is InChI=1S/C33H42N2O5/c1-24(36)40-30-10-6-8-27(20-30)32-17-18-35(22-26-11-12-26)23-33(32,39-4)16-15-28(21-32)34(2)31(37)14-13-25-7-5-9-29(19-25)38-3/h5-10,13-14,19-20,26,28H,11-12,15-18,21-23H2,1-4H3/b14-13+. The molecule has 3 atom stereocenters. The van der Waals surface area contributed by atoms with Crippen molar-refractivity contribution < 1.29 is 23.8 Å². The number of hydrogen-bond donors (Lipinski definition) is 0. The van der Waals surface area contributed by atoms with E-state index >= 15 is 0 Å². The number of fused-ring (bicyclic) bond motifs is 1. The summed E-state index contributed by atoms with van der Waals surface area (Å²) < 4.78 is 17.3. The van der Waals surface area contributed by atoms with Crippen LogP contribution in [0.15, 0.2) is 54.6 Å². The van der Waals surface area contributed by atoms with Crippen LogP contribution in [0.5, 0.6) is 11.5 Å². The van der Waals surface area contributed by atoms with Crippen LogP contribution in [0.4, 0.5) is 0 Å². The number of likely N-dealkylation sites (tertiary alicyclic amines) is 1. The fourth-order valence-electron chi connectivity index (χ4n) is 6.95. The van der Waals surface area contributed by atoms with Gasteiger partial charge in [-0.1, -0.05) is 24.3 Å². The number of ether oxygens (including phenoxy) is 3. The van der Waals surface area contributed by atoms with E-state index in [0.717, 1.165) is 68.1 Å². The molecular formula is C33H42N2O5. The number of likely N-dealkylation sites (N-methyl/N-ethyl adjacent to an activating group) is 1. The van der Waals surface area contributed by atoms with Gasteiger partial charge in [0, 0.05) is 51.7 Å². The molecule has 3 unspecified atom stereocenters. The van der Waals surface area contributed by atoms with Crippen LogP contribution in [0.25, 0.3) is 6.08 Å². The topological polar surface area (TPSA) is 68.3 Å². The molecule has 3 fully saturated rings. The second kappa shape index (κ2) is 11.8. The highest BCUT2D eigenvalue weighted by Crippen LogP contribution is 2.54. The average molecular weight is 547 g/mol. The van der Waals surface area contributed by atoms with E-state index < -0.39 is 0 Å². The van der Waals surface area contributed by atoms with E-state index in [9.17, 15) is 9.59 Å². The first-order valence-electron chi connectivity index (χ1n) is 14.4. The normalized spacial score (nSPS) is 26.8. The van der Waals surface area contributed by atoms with Crippen LogP contribution in [0.3, 0.4) is 0 Å². The van der Waals surface area contributed by atoms with E-state index in [0.29, 0.717) is 5.75 Å². The van der Waals surface area contributed by atoms with Gasteiger partial charge >= 0.3 is 5.97 Å². The van der Waals surface area contributed by atoms with Crippen LogP contribution in [0.2, 0.25) is 0 Å². The fourth-order valence-corrected chi connectivity index (χ4v) is 6.95. The zero-order chi connectivity index (χ0) is 28.3. The molecule has 1 aliphatic heterocycles.